The van der Waals surface area contributed by atoms with Gasteiger partial charge in [0.2, 0.25) is 5.91 Å². The van der Waals surface area contributed by atoms with E-state index in [1.54, 1.807) is 0 Å². The average molecular weight is 211 g/mol. The van der Waals surface area contributed by atoms with E-state index < -0.39 is 0 Å². The molecular weight excluding hydrogens is 199 g/mol. The van der Waals surface area contributed by atoms with Gasteiger partial charge in [0.15, 0.2) is 0 Å². The van der Waals surface area contributed by atoms with Crippen LogP contribution in [0.4, 0.5) is 0 Å². The van der Waals surface area contributed by atoms with Crippen LogP contribution in [0.2, 0.25) is 0 Å². The molecule has 0 spiro atoms. The summed E-state index contributed by atoms with van der Waals surface area (Å²) >= 11 is 10.9. The van der Waals surface area contributed by atoms with Crippen molar-refractivity contribution in [2.75, 3.05) is 13.1 Å². The van der Waals surface area contributed by atoms with Gasteiger partial charge >= 0.3 is 0 Å². The number of halogens is 2. The summed E-state index contributed by atoms with van der Waals surface area (Å²) in [5.41, 5.74) is 6.24. The third-order valence-corrected chi connectivity index (χ3v) is 1.81. The van der Waals surface area contributed by atoms with Gasteiger partial charge in [0.1, 0.15) is 0 Å². The van der Waals surface area contributed by atoms with Gasteiger partial charge in [-0.15, -0.1) is 0 Å². The monoisotopic (exact) mass is 210 g/mol. The fraction of sp³-hybridized carbons (Fsp3) is 0.571. The summed E-state index contributed by atoms with van der Waals surface area (Å²) in [6.45, 7) is 1.24. The summed E-state index contributed by atoms with van der Waals surface area (Å²) in [5.74, 6) is -0.282. The van der Waals surface area contributed by atoms with Crippen molar-refractivity contribution in [3.05, 3.63) is 10.6 Å². The van der Waals surface area contributed by atoms with Crippen LogP contribution in [0.3, 0.4) is 0 Å². The highest BCUT2D eigenvalue weighted by Crippen LogP contribution is 2.00. The fourth-order valence-electron chi connectivity index (χ4n) is 0.634. The Labute approximate surface area is 81.9 Å². The van der Waals surface area contributed by atoms with Gasteiger partial charge in [-0.1, -0.05) is 23.2 Å². The van der Waals surface area contributed by atoms with Crippen LogP contribution in [-0.4, -0.2) is 19.0 Å². The molecule has 5 heteroatoms. The Morgan fingerprint density at radius 3 is 2.75 bits per heavy atom. The van der Waals surface area contributed by atoms with Gasteiger partial charge in [0.25, 0.3) is 0 Å². The Balaban J connectivity index is 3.16. The number of hydrogen-bond donors (Lipinski definition) is 2. The van der Waals surface area contributed by atoms with Crippen LogP contribution in [0.5, 0.6) is 0 Å². The molecule has 0 aliphatic rings. The average Bonchev–Trinajstić information content (AvgIpc) is 2.03. The Hall–Kier alpha value is -0.250. The lowest BCUT2D eigenvalue weighted by Crippen LogP contribution is -2.19. The van der Waals surface area contributed by atoms with E-state index in [-0.39, 0.29) is 5.91 Å². The van der Waals surface area contributed by atoms with Gasteiger partial charge in [-0.05, 0) is 13.0 Å². The van der Waals surface area contributed by atoms with Gasteiger partial charge < -0.3 is 11.1 Å². The maximum absolute atomic E-state index is 10.3. The zero-order valence-corrected chi connectivity index (χ0v) is 8.16. The smallest absolute Gasteiger partial charge is 0.217 e. The minimum Gasteiger partial charge on any atom is -0.370 e. The second-order valence-corrected chi connectivity index (χ2v) is 3.01. The quantitative estimate of drug-likeness (QED) is 0.647. The number of carbonyl (C=O) groups excluding carboxylic acids is 1. The number of nitrogens with one attached hydrogen (secondary N) is 1. The van der Waals surface area contributed by atoms with E-state index in [1.807, 2.05) is 0 Å². The van der Waals surface area contributed by atoms with Gasteiger partial charge in [0, 0.05) is 23.5 Å². The van der Waals surface area contributed by atoms with Crippen LogP contribution in [0.15, 0.2) is 10.6 Å². The maximum Gasteiger partial charge on any atom is 0.217 e. The summed E-state index contributed by atoms with van der Waals surface area (Å²) in [4.78, 5) is 10.3. The third kappa shape index (κ3) is 7.85. The van der Waals surface area contributed by atoms with E-state index in [0.717, 1.165) is 6.42 Å². The van der Waals surface area contributed by atoms with Crippen molar-refractivity contribution in [2.45, 2.75) is 12.8 Å². The van der Waals surface area contributed by atoms with E-state index in [1.165, 1.54) is 5.54 Å². The maximum atomic E-state index is 10.3. The molecule has 0 atom stereocenters. The number of primary amides is 1. The largest absolute Gasteiger partial charge is 0.370 e. The van der Waals surface area contributed by atoms with Crippen LogP contribution in [0.1, 0.15) is 12.8 Å². The first-order valence-corrected chi connectivity index (χ1v) is 4.42. The van der Waals surface area contributed by atoms with Crippen LogP contribution in [0.25, 0.3) is 0 Å². The molecule has 1 amide bonds. The lowest BCUT2D eigenvalue weighted by Gasteiger charge is -2.00. The molecule has 0 heterocycles. The molecule has 0 aromatic heterocycles. The van der Waals surface area contributed by atoms with E-state index in [2.05, 4.69) is 5.32 Å². The first kappa shape index (κ1) is 11.8. The minimum atomic E-state index is -0.282. The van der Waals surface area contributed by atoms with Crippen molar-refractivity contribution in [1.29, 1.82) is 0 Å². The SMILES string of the molecule is NC(=O)CCCNCC(Cl)=CCl. The van der Waals surface area contributed by atoms with Crippen molar-refractivity contribution in [3.8, 4) is 0 Å². The summed E-state index contributed by atoms with van der Waals surface area (Å²) in [5, 5.41) is 3.55. The second-order valence-electron chi connectivity index (χ2n) is 2.30. The molecule has 0 aromatic carbocycles. The second kappa shape index (κ2) is 7.40. The minimum absolute atomic E-state index is 0.282. The lowest BCUT2D eigenvalue weighted by molar-refractivity contribution is -0.118. The van der Waals surface area contributed by atoms with E-state index >= 15 is 0 Å². The molecule has 70 valence electrons. The summed E-state index contributed by atoms with van der Waals surface area (Å²) in [6.07, 6.45) is 1.12. The van der Waals surface area contributed by atoms with Crippen molar-refractivity contribution >= 4 is 29.1 Å². The van der Waals surface area contributed by atoms with Gasteiger partial charge in [-0.3, -0.25) is 4.79 Å². The van der Waals surface area contributed by atoms with Gasteiger partial charge in [-0.2, -0.15) is 0 Å². The van der Waals surface area contributed by atoms with Crippen molar-refractivity contribution in [2.24, 2.45) is 5.73 Å². The zero-order chi connectivity index (χ0) is 9.40. The number of amides is 1. The predicted molar refractivity (Wildman–Crippen MR) is 51.1 cm³/mol. The highest BCUT2D eigenvalue weighted by molar-refractivity contribution is 6.36. The van der Waals surface area contributed by atoms with Gasteiger partial charge in [0.05, 0.1) is 0 Å². The highest BCUT2D eigenvalue weighted by Gasteiger charge is 1.94. The fourth-order valence-corrected chi connectivity index (χ4v) is 0.806. The molecule has 0 unspecified atom stereocenters. The summed E-state index contributed by atoms with van der Waals surface area (Å²) < 4.78 is 0. The van der Waals surface area contributed by atoms with E-state index in [9.17, 15) is 4.79 Å². The molecule has 0 rings (SSSR count). The Bertz CT molecular complexity index is 171. The molecule has 0 aliphatic heterocycles. The van der Waals surface area contributed by atoms with E-state index in [4.69, 9.17) is 28.9 Å². The molecule has 0 aromatic rings. The van der Waals surface area contributed by atoms with Gasteiger partial charge in [-0.25, -0.2) is 0 Å². The summed E-state index contributed by atoms with van der Waals surface area (Å²) in [7, 11) is 0. The molecule has 3 nitrogen and oxygen atoms in total. The van der Waals surface area contributed by atoms with Crippen LogP contribution in [0, 0.1) is 0 Å². The Morgan fingerprint density at radius 1 is 1.58 bits per heavy atom. The Kier molecular flexibility index (Phi) is 7.25. The molecule has 0 radical (unpaired) electrons. The number of rotatable bonds is 6. The number of hydrogen-bond acceptors (Lipinski definition) is 2. The standard InChI is InChI=1S/C7H12Cl2N2O/c8-4-6(9)5-11-3-1-2-7(10)12/h4,11H,1-3,5H2,(H2,10,12). The first-order valence-electron chi connectivity index (χ1n) is 3.60. The molecular formula is C7H12Cl2N2O. The number of carbonyl (C=O) groups is 1. The predicted octanol–water partition coefficient (Wildman–Crippen LogP) is 1.16. The topological polar surface area (TPSA) is 55.1 Å². The molecule has 0 saturated heterocycles. The molecule has 0 aliphatic carbocycles. The van der Waals surface area contributed by atoms with Crippen LogP contribution in [-0.2, 0) is 4.79 Å². The highest BCUT2D eigenvalue weighted by atomic mass is 35.5. The molecule has 0 fully saturated rings. The number of nitrogens with two attached hydrogens (primary N) is 1. The van der Waals surface area contributed by atoms with Crippen molar-refractivity contribution in [3.63, 3.8) is 0 Å². The van der Waals surface area contributed by atoms with Crippen molar-refractivity contribution < 1.29 is 4.79 Å². The molecule has 0 saturated carbocycles. The third-order valence-electron chi connectivity index (χ3n) is 1.19. The normalized spacial score (nSPS) is 11.7. The summed E-state index contributed by atoms with van der Waals surface area (Å²) in [6, 6.07) is 0. The van der Waals surface area contributed by atoms with Crippen molar-refractivity contribution in [1.82, 2.24) is 5.32 Å². The van der Waals surface area contributed by atoms with Crippen LogP contribution >= 0.6 is 23.2 Å². The first-order chi connectivity index (χ1) is 5.66. The molecule has 3 N–H and O–H groups in total. The lowest BCUT2D eigenvalue weighted by atomic mass is 10.3. The van der Waals surface area contributed by atoms with E-state index in [0.29, 0.717) is 24.5 Å². The Morgan fingerprint density at radius 2 is 2.25 bits per heavy atom. The molecule has 0 bridgehead atoms. The zero-order valence-electron chi connectivity index (χ0n) is 6.65. The van der Waals surface area contributed by atoms with Crippen LogP contribution < -0.4 is 11.1 Å². The molecule has 12 heavy (non-hydrogen) atoms.